The molecule has 294 valence electrons. The first-order chi connectivity index (χ1) is 24.2. The number of urea groups is 2. The molecule has 4 aliphatic heterocycles. The van der Waals surface area contributed by atoms with Gasteiger partial charge in [-0.25, -0.2) is 24.1 Å². The molecule has 2 spiro atoms. The first kappa shape index (κ1) is 48.2. The van der Waals surface area contributed by atoms with Crippen molar-refractivity contribution in [3.05, 3.63) is 59.7 Å². The molecular weight excluding hydrogens is 858 g/mol. The Kier molecular flexibility index (Phi) is 16.3. The third kappa shape index (κ3) is 10.9. The summed E-state index contributed by atoms with van der Waals surface area (Å²) in [5.41, 5.74) is 0.515. The fourth-order valence-corrected chi connectivity index (χ4v) is 6.95. The zero-order valence-electron chi connectivity index (χ0n) is 32.5. The molecule has 0 saturated carbocycles. The quantitative estimate of drug-likeness (QED) is 0.329. The Morgan fingerprint density at radius 3 is 1.53 bits per heavy atom. The van der Waals surface area contributed by atoms with Crippen molar-refractivity contribution >= 4 is 47.4 Å². The summed E-state index contributed by atoms with van der Waals surface area (Å²) in [4.78, 5) is 81.4. The maximum atomic E-state index is 13.5. The van der Waals surface area contributed by atoms with Crippen LogP contribution in [0.3, 0.4) is 0 Å². The van der Waals surface area contributed by atoms with Crippen LogP contribution in [0.5, 0.6) is 0 Å². The average Bonchev–Trinajstić information content (AvgIpc) is 3.43. The molecule has 2 N–H and O–H groups in total. The molecule has 4 fully saturated rings. The Bertz CT molecular complexity index is 1760. The number of rotatable bonds is 2. The molecule has 55 heavy (non-hydrogen) atoms. The Morgan fingerprint density at radius 2 is 1.13 bits per heavy atom. The third-order valence-corrected chi connectivity index (χ3v) is 9.52. The van der Waals surface area contributed by atoms with E-state index < -0.39 is 46.4 Å². The normalized spacial score (nSPS) is 18.6. The number of hydrogen-bond donors (Lipinski definition) is 2. The average molecular weight is 913 g/mol. The van der Waals surface area contributed by atoms with Crippen molar-refractivity contribution in [2.75, 3.05) is 36.0 Å². The molecule has 4 saturated heterocycles. The van der Waals surface area contributed by atoms with Gasteiger partial charge in [0.25, 0.3) is 11.8 Å². The standard InChI is InChI=1S/C24H33N3O6.C14H17N3O2.CH4.2Y/c1-16-9-8-10-17(15-16)25-13-11-24(12-14-25)18(28)26(20(30)32-22(2,3)4)19(29)27(24)21(31)33-23(5,6)7;1-10-3-2-4-11(9-10)17-7-5-14(6-8-17)12(18)15-13(19)16-14;;;/h8-10,15H,11-14H2,1-7H3;2-4,9H,5-8H2,1H3,(H2,15,16,18,19);1H4;;. The van der Waals surface area contributed by atoms with Gasteiger partial charge in [0.05, 0.1) is 0 Å². The summed E-state index contributed by atoms with van der Waals surface area (Å²) < 4.78 is 10.7. The van der Waals surface area contributed by atoms with Crippen molar-refractivity contribution in [2.45, 2.75) is 111 Å². The molecular formula is C39H54N6O8Y2. The van der Waals surface area contributed by atoms with E-state index in [1.807, 2.05) is 37.3 Å². The predicted molar refractivity (Wildman–Crippen MR) is 201 cm³/mol. The van der Waals surface area contributed by atoms with Crippen molar-refractivity contribution in [1.29, 1.82) is 0 Å². The maximum absolute atomic E-state index is 13.5. The summed E-state index contributed by atoms with van der Waals surface area (Å²) in [6.45, 7) is 16.4. The summed E-state index contributed by atoms with van der Waals surface area (Å²) in [5.74, 6) is -0.933. The second-order valence-corrected chi connectivity index (χ2v) is 15.9. The summed E-state index contributed by atoms with van der Waals surface area (Å²) in [7, 11) is 0. The fraction of sp³-hybridized carbons (Fsp3) is 0.538. The second kappa shape index (κ2) is 18.6. The Hall–Kier alpha value is -2.93. The van der Waals surface area contributed by atoms with E-state index in [0.717, 1.165) is 29.2 Å². The van der Waals surface area contributed by atoms with Gasteiger partial charge in [-0.15, -0.1) is 0 Å². The minimum absolute atomic E-state index is 0. The van der Waals surface area contributed by atoms with E-state index in [4.69, 9.17) is 9.47 Å². The van der Waals surface area contributed by atoms with Crippen LogP contribution in [0.2, 0.25) is 0 Å². The minimum atomic E-state index is -1.50. The van der Waals surface area contributed by atoms with Crippen LogP contribution in [0.15, 0.2) is 48.5 Å². The van der Waals surface area contributed by atoms with Crippen LogP contribution >= 0.6 is 0 Å². The molecule has 4 heterocycles. The number of anilines is 2. The number of benzene rings is 2. The molecule has 4 aliphatic rings. The van der Waals surface area contributed by atoms with Gasteiger partial charge < -0.3 is 24.6 Å². The van der Waals surface area contributed by atoms with Gasteiger partial charge in [0.2, 0.25) is 0 Å². The van der Waals surface area contributed by atoms with Crippen LogP contribution in [0.4, 0.5) is 30.6 Å². The number of nitrogens with one attached hydrogen (secondary N) is 2. The molecule has 16 heteroatoms. The van der Waals surface area contributed by atoms with E-state index >= 15 is 0 Å². The summed E-state index contributed by atoms with van der Waals surface area (Å²) in [6, 6.07) is 14.9. The van der Waals surface area contributed by atoms with Gasteiger partial charge in [0.15, 0.2) is 0 Å². The molecule has 14 nitrogen and oxygen atoms in total. The predicted octanol–water partition coefficient (Wildman–Crippen LogP) is 6.27. The number of imide groups is 5. The Balaban J connectivity index is 0.000000406. The molecule has 8 amide bonds. The van der Waals surface area contributed by atoms with Crippen LogP contribution in [0.25, 0.3) is 0 Å². The monoisotopic (exact) mass is 912 g/mol. The molecule has 0 bridgehead atoms. The molecule has 2 aromatic rings. The first-order valence-electron chi connectivity index (χ1n) is 17.7. The van der Waals surface area contributed by atoms with E-state index in [-0.39, 0.29) is 97.6 Å². The van der Waals surface area contributed by atoms with E-state index in [1.165, 1.54) is 11.3 Å². The second-order valence-electron chi connectivity index (χ2n) is 15.9. The number of piperidine rings is 2. The number of carbonyl (C=O) groups excluding carboxylic acids is 6. The number of hydrogen-bond acceptors (Lipinski definition) is 10. The van der Waals surface area contributed by atoms with Gasteiger partial charge in [-0.1, -0.05) is 31.7 Å². The molecule has 0 aromatic heterocycles. The van der Waals surface area contributed by atoms with Gasteiger partial charge in [-0.3, -0.25) is 14.9 Å². The maximum Gasteiger partial charge on any atom is 0.425 e. The van der Waals surface area contributed by atoms with Gasteiger partial charge in [0, 0.05) is 103 Å². The Labute approximate surface area is 374 Å². The van der Waals surface area contributed by atoms with Crippen LogP contribution in [0, 0.1) is 13.8 Å². The first-order valence-corrected chi connectivity index (χ1v) is 17.7. The van der Waals surface area contributed by atoms with Gasteiger partial charge in [0.1, 0.15) is 22.3 Å². The molecule has 6 rings (SSSR count). The van der Waals surface area contributed by atoms with Crippen molar-refractivity contribution < 1.29 is 104 Å². The van der Waals surface area contributed by atoms with Gasteiger partial charge >= 0.3 is 24.2 Å². The Morgan fingerprint density at radius 1 is 0.691 bits per heavy atom. The molecule has 2 radical (unpaired) electrons. The van der Waals surface area contributed by atoms with Crippen molar-refractivity contribution in [3.63, 3.8) is 0 Å². The zero-order chi connectivity index (χ0) is 38.2. The molecule has 0 aliphatic carbocycles. The zero-order valence-corrected chi connectivity index (χ0v) is 38.2. The number of aryl methyl sites for hydroxylation is 2. The van der Waals surface area contributed by atoms with Crippen LogP contribution in [0.1, 0.15) is 85.8 Å². The molecule has 0 atom stereocenters. The van der Waals surface area contributed by atoms with Crippen LogP contribution < -0.4 is 20.4 Å². The summed E-state index contributed by atoms with van der Waals surface area (Å²) in [5, 5.41) is 5.11. The SMILES string of the molecule is C.Cc1cccc(N2CCC3(CC2)C(=O)N(C(=O)OC(C)(C)C)C(=O)N3C(=O)OC(C)(C)C)c1.Cc1cccc(N2CCC3(CC2)NC(=O)NC3=O)c1.[Y].[Y]. The topological polar surface area (TPSA) is 158 Å². The van der Waals surface area contributed by atoms with Gasteiger partial charge in [-0.2, -0.15) is 4.90 Å². The number of amides is 8. The fourth-order valence-electron chi connectivity index (χ4n) is 6.95. The van der Waals surface area contributed by atoms with E-state index in [0.29, 0.717) is 30.8 Å². The summed E-state index contributed by atoms with van der Waals surface area (Å²) in [6.07, 6.45) is -0.398. The van der Waals surface area contributed by atoms with Gasteiger partial charge in [-0.05, 0) is 116 Å². The molecule has 0 unspecified atom stereocenters. The largest absolute Gasteiger partial charge is 0.443 e. The molecule has 2 aromatic carbocycles. The van der Waals surface area contributed by atoms with E-state index in [1.54, 1.807) is 41.5 Å². The summed E-state index contributed by atoms with van der Waals surface area (Å²) >= 11 is 0. The van der Waals surface area contributed by atoms with Crippen molar-refractivity contribution in [1.82, 2.24) is 20.4 Å². The number of carbonyl (C=O) groups is 6. The third-order valence-electron chi connectivity index (χ3n) is 9.52. The van der Waals surface area contributed by atoms with E-state index in [9.17, 15) is 28.8 Å². The number of ether oxygens (including phenoxy) is 2. The smallest absolute Gasteiger partial charge is 0.425 e. The van der Waals surface area contributed by atoms with Crippen molar-refractivity contribution in [3.8, 4) is 0 Å². The number of nitrogens with zero attached hydrogens (tertiary/aromatic N) is 4. The van der Waals surface area contributed by atoms with Crippen molar-refractivity contribution in [2.24, 2.45) is 0 Å². The van der Waals surface area contributed by atoms with Crippen LogP contribution in [-0.4, -0.2) is 94.3 Å². The van der Waals surface area contributed by atoms with Crippen LogP contribution in [-0.2, 0) is 84.5 Å². The van der Waals surface area contributed by atoms with E-state index in [2.05, 4.69) is 45.6 Å². The minimum Gasteiger partial charge on any atom is -0.443 e.